The zero-order valence-corrected chi connectivity index (χ0v) is 22.6. The van der Waals surface area contributed by atoms with E-state index in [0.717, 1.165) is 27.2 Å². The van der Waals surface area contributed by atoms with Crippen LogP contribution in [-0.2, 0) is 19.1 Å². The number of carbonyl (C=O) groups excluding carboxylic acids is 3. The number of benzene rings is 1. The molecule has 10 nitrogen and oxygen atoms in total. The highest BCUT2D eigenvalue weighted by molar-refractivity contribution is 8.76. The Hall–Kier alpha value is -2.60. The highest BCUT2D eigenvalue weighted by Gasteiger charge is 2.28. The van der Waals surface area contributed by atoms with E-state index < -0.39 is 47.4 Å². The van der Waals surface area contributed by atoms with Gasteiger partial charge in [-0.25, -0.2) is 19.2 Å². The molecule has 0 aliphatic carbocycles. The van der Waals surface area contributed by atoms with Gasteiger partial charge in [0.1, 0.15) is 29.0 Å². The van der Waals surface area contributed by atoms with Crippen LogP contribution >= 0.6 is 21.6 Å². The van der Waals surface area contributed by atoms with Gasteiger partial charge in [-0.3, -0.25) is 0 Å². The second kappa shape index (κ2) is 13.5. The Morgan fingerprint density at radius 3 is 1.69 bits per heavy atom. The summed E-state index contributed by atoms with van der Waals surface area (Å²) in [5.74, 6) is -1.55. The number of aliphatic carboxylic acids is 1. The number of hydrogen-bond acceptors (Lipinski definition) is 9. The molecule has 0 heterocycles. The van der Waals surface area contributed by atoms with Crippen molar-refractivity contribution in [2.24, 2.45) is 0 Å². The number of rotatable bonds is 10. The van der Waals surface area contributed by atoms with E-state index in [1.807, 2.05) is 6.92 Å². The molecule has 2 atom stereocenters. The Kier molecular flexibility index (Phi) is 11.7. The van der Waals surface area contributed by atoms with E-state index in [1.165, 1.54) is 0 Å². The van der Waals surface area contributed by atoms with Crippen molar-refractivity contribution in [1.29, 1.82) is 0 Å². The third-order valence-corrected chi connectivity index (χ3v) is 6.18. The van der Waals surface area contributed by atoms with Crippen LogP contribution in [0.15, 0.2) is 24.3 Å². The molecule has 0 saturated carbocycles. The van der Waals surface area contributed by atoms with Gasteiger partial charge in [-0.05, 0) is 60.6 Å². The molecule has 3 N–H and O–H groups in total. The van der Waals surface area contributed by atoms with E-state index in [0.29, 0.717) is 5.75 Å². The number of ether oxygens (including phenoxy) is 3. The van der Waals surface area contributed by atoms with Crippen molar-refractivity contribution in [3.63, 3.8) is 0 Å². The first-order valence-electron chi connectivity index (χ1n) is 10.8. The monoisotopic (exact) mass is 530 g/mol. The smallest absolute Gasteiger partial charge is 0.408 e. The minimum absolute atomic E-state index is 0.00852. The van der Waals surface area contributed by atoms with E-state index in [9.17, 15) is 24.3 Å². The van der Waals surface area contributed by atoms with Crippen LogP contribution in [0.3, 0.4) is 0 Å². The van der Waals surface area contributed by atoms with Gasteiger partial charge in [-0.15, -0.1) is 0 Å². The van der Waals surface area contributed by atoms with Gasteiger partial charge in [0.25, 0.3) is 0 Å². The maximum absolute atomic E-state index is 12.7. The number of carbonyl (C=O) groups is 4. The van der Waals surface area contributed by atoms with Gasteiger partial charge in [0, 0.05) is 11.5 Å². The molecule has 0 saturated heterocycles. The van der Waals surface area contributed by atoms with Gasteiger partial charge in [0.2, 0.25) is 0 Å². The molecule has 1 rings (SSSR count). The van der Waals surface area contributed by atoms with Crippen LogP contribution in [-0.4, -0.2) is 64.0 Å². The molecule has 2 unspecified atom stereocenters. The lowest BCUT2D eigenvalue weighted by molar-refractivity contribution is -0.139. The maximum atomic E-state index is 12.7. The van der Waals surface area contributed by atoms with Gasteiger partial charge in [-0.1, -0.05) is 39.3 Å². The molecular formula is C23H34N2O8S2. The fraction of sp³-hybridized carbons (Fsp3) is 0.565. The van der Waals surface area contributed by atoms with Crippen LogP contribution in [0.5, 0.6) is 5.75 Å². The lowest BCUT2D eigenvalue weighted by Crippen LogP contribution is -2.46. The summed E-state index contributed by atoms with van der Waals surface area (Å²) in [6.45, 7) is 12.0. The molecule has 2 amide bonds. The average molecular weight is 531 g/mol. The molecular weight excluding hydrogens is 496 g/mol. The summed E-state index contributed by atoms with van der Waals surface area (Å²) in [4.78, 5) is 48.4. The van der Waals surface area contributed by atoms with Crippen molar-refractivity contribution in [2.45, 2.75) is 71.8 Å². The van der Waals surface area contributed by atoms with Gasteiger partial charge >= 0.3 is 24.1 Å². The summed E-state index contributed by atoms with van der Waals surface area (Å²) >= 11 is 0. The zero-order valence-electron chi connectivity index (χ0n) is 21.0. The van der Waals surface area contributed by atoms with Crippen LogP contribution in [0.4, 0.5) is 9.59 Å². The molecule has 196 valence electrons. The fourth-order valence-corrected chi connectivity index (χ4v) is 4.57. The van der Waals surface area contributed by atoms with Crippen LogP contribution in [0, 0.1) is 6.92 Å². The molecule has 0 spiro atoms. The summed E-state index contributed by atoms with van der Waals surface area (Å²) in [5, 5.41) is 14.2. The number of aryl methyl sites for hydroxylation is 1. The molecule has 0 aliphatic heterocycles. The Bertz CT molecular complexity index is 879. The fourth-order valence-electron chi connectivity index (χ4n) is 2.27. The summed E-state index contributed by atoms with van der Waals surface area (Å²) in [6.07, 6.45) is -1.63. The number of hydrogen-bond donors (Lipinski definition) is 3. The molecule has 0 radical (unpaired) electrons. The second-order valence-electron chi connectivity index (χ2n) is 9.54. The largest absolute Gasteiger partial charge is 0.480 e. The van der Waals surface area contributed by atoms with E-state index in [1.54, 1.807) is 65.8 Å². The summed E-state index contributed by atoms with van der Waals surface area (Å²) in [6, 6.07) is 4.57. The summed E-state index contributed by atoms with van der Waals surface area (Å²) in [7, 11) is 2.25. The van der Waals surface area contributed by atoms with Crippen molar-refractivity contribution in [1.82, 2.24) is 10.6 Å². The predicted octanol–water partition coefficient (Wildman–Crippen LogP) is 4.15. The van der Waals surface area contributed by atoms with Gasteiger partial charge in [0.05, 0.1) is 0 Å². The van der Waals surface area contributed by atoms with Crippen molar-refractivity contribution in [3.05, 3.63) is 29.8 Å². The van der Waals surface area contributed by atoms with Crippen molar-refractivity contribution >= 4 is 45.7 Å². The summed E-state index contributed by atoms with van der Waals surface area (Å²) in [5.41, 5.74) is -0.541. The Morgan fingerprint density at radius 2 is 1.26 bits per heavy atom. The zero-order chi connectivity index (χ0) is 26.8. The standard InChI is InChI=1S/C23H34N2O8S2/c1-14-8-10-15(11-9-14)31-19(28)17(25-21(30)33-23(5,6)7)13-35-34-12-16(18(26)27)24-20(29)32-22(2,3)4/h8-11,16-17H,12-13H2,1-7H3,(H,24,29)(H,25,30)(H,26,27). The van der Waals surface area contributed by atoms with Crippen LogP contribution in [0.25, 0.3) is 0 Å². The maximum Gasteiger partial charge on any atom is 0.408 e. The first-order chi connectivity index (χ1) is 16.1. The van der Waals surface area contributed by atoms with Crippen LogP contribution in [0.2, 0.25) is 0 Å². The molecule has 35 heavy (non-hydrogen) atoms. The number of nitrogens with one attached hydrogen (secondary N) is 2. The molecule has 0 aromatic heterocycles. The molecule has 0 bridgehead atoms. The second-order valence-corrected chi connectivity index (χ2v) is 12.1. The van der Waals surface area contributed by atoms with Gasteiger partial charge in [0.15, 0.2) is 0 Å². The van der Waals surface area contributed by atoms with E-state index in [2.05, 4.69) is 10.6 Å². The van der Waals surface area contributed by atoms with Crippen LogP contribution in [0.1, 0.15) is 47.1 Å². The normalized spacial score (nSPS) is 13.2. The first-order valence-corrected chi connectivity index (χ1v) is 13.3. The molecule has 1 aromatic carbocycles. The Labute approximate surface area is 213 Å². The predicted molar refractivity (Wildman–Crippen MR) is 136 cm³/mol. The number of carboxylic acids is 1. The highest BCUT2D eigenvalue weighted by atomic mass is 33.1. The minimum atomic E-state index is -1.23. The van der Waals surface area contributed by atoms with E-state index >= 15 is 0 Å². The molecule has 12 heteroatoms. The quantitative estimate of drug-likeness (QED) is 0.175. The van der Waals surface area contributed by atoms with Crippen molar-refractivity contribution < 1.29 is 38.5 Å². The van der Waals surface area contributed by atoms with E-state index in [4.69, 9.17) is 14.2 Å². The first kappa shape index (κ1) is 30.4. The number of alkyl carbamates (subject to hydrolysis) is 2. The van der Waals surface area contributed by atoms with Gasteiger partial charge in [-0.2, -0.15) is 0 Å². The highest BCUT2D eigenvalue weighted by Crippen LogP contribution is 2.24. The number of amides is 2. The Balaban J connectivity index is 2.74. The lowest BCUT2D eigenvalue weighted by Gasteiger charge is -2.23. The molecule has 1 aromatic rings. The topological polar surface area (TPSA) is 140 Å². The third-order valence-electron chi connectivity index (χ3n) is 3.76. The molecule has 0 aliphatic rings. The van der Waals surface area contributed by atoms with E-state index in [-0.39, 0.29) is 11.5 Å². The average Bonchev–Trinajstić information content (AvgIpc) is 2.68. The van der Waals surface area contributed by atoms with Gasteiger partial charge < -0.3 is 30.0 Å². The molecule has 0 fully saturated rings. The number of carboxylic acid groups (broad SMARTS) is 1. The minimum Gasteiger partial charge on any atom is -0.480 e. The number of esters is 1. The van der Waals surface area contributed by atoms with Crippen molar-refractivity contribution in [2.75, 3.05) is 11.5 Å². The third kappa shape index (κ3) is 13.8. The SMILES string of the molecule is Cc1ccc(OC(=O)C(CSSCC(NC(=O)OC(C)(C)C)C(=O)O)NC(=O)OC(C)(C)C)cc1. The van der Waals surface area contributed by atoms with Crippen LogP contribution < -0.4 is 15.4 Å². The Morgan fingerprint density at radius 1 is 0.829 bits per heavy atom. The van der Waals surface area contributed by atoms with Crippen molar-refractivity contribution in [3.8, 4) is 5.75 Å². The lowest BCUT2D eigenvalue weighted by atomic mass is 10.2. The summed E-state index contributed by atoms with van der Waals surface area (Å²) < 4.78 is 15.7.